The monoisotopic (exact) mass is 156 g/mol. The molecule has 0 saturated heterocycles. The summed E-state index contributed by atoms with van der Waals surface area (Å²) in [7, 11) is 0. The average molecular weight is 156 g/mol. The molecule has 1 nitrogen and oxygen atoms in total. The summed E-state index contributed by atoms with van der Waals surface area (Å²) < 4.78 is 0. The summed E-state index contributed by atoms with van der Waals surface area (Å²) in [6, 6.07) is 0. The second kappa shape index (κ2) is 3.57. The molecule has 0 heterocycles. The standard InChI is InChI=1S/C10H20O/c1-7(2)9-5-4-8(3)6-10(9)11/h7-11H,4-6H2,1-3H3/t8-,9?,10+/m1/s1. The average Bonchev–Trinajstić information content (AvgIpc) is 1.85. The number of hydrogen-bond donors (Lipinski definition) is 1. The zero-order valence-electron chi connectivity index (χ0n) is 7.88. The van der Waals surface area contributed by atoms with E-state index in [0.717, 1.165) is 12.3 Å². The van der Waals surface area contributed by atoms with Gasteiger partial charge in [0.15, 0.2) is 0 Å². The van der Waals surface area contributed by atoms with E-state index in [0.29, 0.717) is 11.8 Å². The van der Waals surface area contributed by atoms with Crippen molar-refractivity contribution in [1.82, 2.24) is 0 Å². The molecule has 0 aromatic carbocycles. The van der Waals surface area contributed by atoms with Crippen LogP contribution in [-0.2, 0) is 0 Å². The van der Waals surface area contributed by atoms with Crippen LogP contribution in [0.5, 0.6) is 0 Å². The number of rotatable bonds is 1. The minimum Gasteiger partial charge on any atom is -0.393 e. The van der Waals surface area contributed by atoms with Crippen LogP contribution >= 0.6 is 0 Å². The summed E-state index contributed by atoms with van der Waals surface area (Å²) in [5, 5.41) is 9.71. The van der Waals surface area contributed by atoms with Crippen molar-refractivity contribution >= 4 is 0 Å². The molecular weight excluding hydrogens is 136 g/mol. The van der Waals surface area contributed by atoms with E-state index in [1.54, 1.807) is 0 Å². The highest BCUT2D eigenvalue weighted by molar-refractivity contribution is 4.79. The predicted octanol–water partition coefficient (Wildman–Crippen LogP) is 2.44. The second-order valence-corrected chi connectivity index (χ2v) is 4.39. The van der Waals surface area contributed by atoms with Gasteiger partial charge >= 0.3 is 0 Å². The lowest BCUT2D eigenvalue weighted by Gasteiger charge is -2.33. The van der Waals surface area contributed by atoms with Crippen LogP contribution in [0.15, 0.2) is 0 Å². The van der Waals surface area contributed by atoms with Gasteiger partial charge in [-0.25, -0.2) is 0 Å². The molecule has 1 aliphatic carbocycles. The molecule has 0 aromatic heterocycles. The van der Waals surface area contributed by atoms with Crippen LogP contribution in [0.4, 0.5) is 0 Å². The summed E-state index contributed by atoms with van der Waals surface area (Å²) in [6.07, 6.45) is 3.52. The zero-order valence-corrected chi connectivity index (χ0v) is 7.88. The molecule has 1 saturated carbocycles. The number of hydrogen-bond acceptors (Lipinski definition) is 1. The Labute approximate surface area is 69.8 Å². The smallest absolute Gasteiger partial charge is 0.0573 e. The molecule has 1 N–H and O–H groups in total. The van der Waals surface area contributed by atoms with Crippen LogP contribution in [-0.4, -0.2) is 11.2 Å². The van der Waals surface area contributed by atoms with Gasteiger partial charge in [0, 0.05) is 0 Å². The molecule has 1 unspecified atom stereocenters. The van der Waals surface area contributed by atoms with Gasteiger partial charge in [0.05, 0.1) is 6.10 Å². The van der Waals surface area contributed by atoms with Gasteiger partial charge in [-0.1, -0.05) is 27.2 Å². The van der Waals surface area contributed by atoms with Crippen LogP contribution < -0.4 is 0 Å². The first-order chi connectivity index (χ1) is 5.11. The highest BCUT2D eigenvalue weighted by Gasteiger charge is 2.28. The molecule has 3 atom stereocenters. The van der Waals surface area contributed by atoms with Crippen LogP contribution in [0, 0.1) is 17.8 Å². The molecular formula is C10H20O. The maximum Gasteiger partial charge on any atom is 0.0573 e. The van der Waals surface area contributed by atoms with Crippen molar-refractivity contribution in [1.29, 1.82) is 0 Å². The van der Waals surface area contributed by atoms with Crippen molar-refractivity contribution in [3.05, 3.63) is 0 Å². The fraction of sp³-hybridized carbons (Fsp3) is 1.00. The zero-order chi connectivity index (χ0) is 8.43. The lowest BCUT2D eigenvalue weighted by atomic mass is 9.75. The fourth-order valence-electron chi connectivity index (χ4n) is 2.15. The van der Waals surface area contributed by atoms with Gasteiger partial charge in [-0.15, -0.1) is 0 Å². The first-order valence-electron chi connectivity index (χ1n) is 4.79. The SMILES string of the molecule is CC(C)C1CC[C@@H](C)C[C@@H]1O. The Bertz CT molecular complexity index is 120. The fourth-order valence-corrected chi connectivity index (χ4v) is 2.15. The van der Waals surface area contributed by atoms with Crippen molar-refractivity contribution in [3.8, 4) is 0 Å². The van der Waals surface area contributed by atoms with Crippen molar-refractivity contribution in [2.75, 3.05) is 0 Å². The Morgan fingerprint density at radius 2 is 1.91 bits per heavy atom. The third-order valence-electron chi connectivity index (χ3n) is 2.99. The lowest BCUT2D eigenvalue weighted by Crippen LogP contribution is -2.31. The van der Waals surface area contributed by atoms with Crippen molar-refractivity contribution in [2.24, 2.45) is 17.8 Å². The van der Waals surface area contributed by atoms with Crippen LogP contribution in [0.3, 0.4) is 0 Å². The Morgan fingerprint density at radius 3 is 2.36 bits per heavy atom. The molecule has 1 fully saturated rings. The van der Waals surface area contributed by atoms with Gasteiger partial charge < -0.3 is 5.11 Å². The topological polar surface area (TPSA) is 20.2 Å². The van der Waals surface area contributed by atoms with Gasteiger partial charge in [0.25, 0.3) is 0 Å². The molecule has 0 aliphatic heterocycles. The van der Waals surface area contributed by atoms with Gasteiger partial charge in [-0.05, 0) is 30.6 Å². The molecule has 66 valence electrons. The second-order valence-electron chi connectivity index (χ2n) is 4.39. The Morgan fingerprint density at radius 1 is 1.27 bits per heavy atom. The summed E-state index contributed by atoms with van der Waals surface area (Å²) >= 11 is 0. The Kier molecular flexibility index (Phi) is 2.94. The van der Waals surface area contributed by atoms with Gasteiger partial charge in [-0.3, -0.25) is 0 Å². The molecule has 1 aliphatic rings. The predicted molar refractivity (Wildman–Crippen MR) is 47.3 cm³/mol. The molecule has 0 spiro atoms. The maximum absolute atomic E-state index is 9.71. The molecule has 0 aromatic rings. The Balaban J connectivity index is 2.44. The van der Waals surface area contributed by atoms with Gasteiger partial charge in [0.2, 0.25) is 0 Å². The van der Waals surface area contributed by atoms with E-state index in [1.165, 1.54) is 12.8 Å². The van der Waals surface area contributed by atoms with E-state index in [2.05, 4.69) is 20.8 Å². The normalized spacial score (nSPS) is 39.5. The molecule has 0 radical (unpaired) electrons. The summed E-state index contributed by atoms with van der Waals surface area (Å²) in [5.41, 5.74) is 0. The molecule has 0 amide bonds. The van der Waals surface area contributed by atoms with Crippen LogP contribution in [0.25, 0.3) is 0 Å². The minimum atomic E-state index is -0.0289. The highest BCUT2D eigenvalue weighted by Crippen LogP contribution is 2.33. The largest absolute Gasteiger partial charge is 0.393 e. The minimum absolute atomic E-state index is 0.0289. The van der Waals surface area contributed by atoms with E-state index in [1.807, 2.05) is 0 Å². The van der Waals surface area contributed by atoms with E-state index in [4.69, 9.17) is 0 Å². The molecule has 1 rings (SSSR count). The summed E-state index contributed by atoms with van der Waals surface area (Å²) in [4.78, 5) is 0. The summed E-state index contributed by atoms with van der Waals surface area (Å²) in [6.45, 7) is 6.66. The van der Waals surface area contributed by atoms with Crippen LogP contribution in [0.2, 0.25) is 0 Å². The molecule has 0 bridgehead atoms. The number of aliphatic hydroxyl groups excluding tert-OH is 1. The van der Waals surface area contributed by atoms with Crippen molar-refractivity contribution in [3.63, 3.8) is 0 Å². The van der Waals surface area contributed by atoms with Gasteiger partial charge in [-0.2, -0.15) is 0 Å². The van der Waals surface area contributed by atoms with Gasteiger partial charge in [0.1, 0.15) is 0 Å². The molecule has 1 heteroatoms. The van der Waals surface area contributed by atoms with E-state index in [9.17, 15) is 5.11 Å². The van der Waals surface area contributed by atoms with Crippen LogP contribution in [0.1, 0.15) is 40.0 Å². The van der Waals surface area contributed by atoms with E-state index < -0.39 is 0 Å². The third kappa shape index (κ3) is 2.19. The highest BCUT2D eigenvalue weighted by atomic mass is 16.3. The van der Waals surface area contributed by atoms with E-state index in [-0.39, 0.29) is 6.10 Å². The first kappa shape index (κ1) is 9.05. The van der Waals surface area contributed by atoms with E-state index >= 15 is 0 Å². The quantitative estimate of drug-likeness (QED) is 0.618. The maximum atomic E-state index is 9.71. The summed E-state index contributed by atoms with van der Waals surface area (Å²) in [5.74, 6) is 1.95. The van der Waals surface area contributed by atoms with Crippen molar-refractivity contribution in [2.45, 2.75) is 46.1 Å². The Hall–Kier alpha value is -0.0400. The molecule has 11 heavy (non-hydrogen) atoms. The van der Waals surface area contributed by atoms with Crippen molar-refractivity contribution < 1.29 is 5.11 Å². The number of aliphatic hydroxyl groups is 1. The lowest BCUT2D eigenvalue weighted by molar-refractivity contribution is 0.0266. The first-order valence-corrected chi connectivity index (χ1v) is 4.79. The third-order valence-corrected chi connectivity index (χ3v) is 2.99.